The van der Waals surface area contributed by atoms with Crippen LogP contribution in [0.3, 0.4) is 0 Å². The number of rotatable bonds is 7. The molecule has 2 aliphatic carbocycles. The van der Waals surface area contributed by atoms with Crippen molar-refractivity contribution in [2.45, 2.75) is 43.7 Å². The Labute approximate surface area is 203 Å². The number of hydrogen-bond donors (Lipinski definition) is 3. The first-order chi connectivity index (χ1) is 16.9. The van der Waals surface area contributed by atoms with Crippen LogP contribution < -0.4 is 5.32 Å². The zero-order valence-electron chi connectivity index (χ0n) is 19.4. The lowest BCUT2D eigenvalue weighted by molar-refractivity contribution is -0.149. The summed E-state index contributed by atoms with van der Waals surface area (Å²) in [5, 5.41) is 21.9. The van der Waals surface area contributed by atoms with E-state index in [-0.39, 0.29) is 49.7 Å². The Kier molecular flexibility index (Phi) is 6.47. The molecule has 184 valence electrons. The van der Waals surface area contributed by atoms with Gasteiger partial charge in [-0.05, 0) is 46.9 Å². The first kappa shape index (κ1) is 23.4. The Morgan fingerprint density at radius 2 is 1.57 bits per heavy atom. The van der Waals surface area contributed by atoms with Gasteiger partial charge in [0.05, 0.1) is 6.10 Å². The number of carboxylic acids is 1. The third-order valence-corrected chi connectivity index (χ3v) is 7.56. The van der Waals surface area contributed by atoms with Crippen molar-refractivity contribution in [1.29, 1.82) is 0 Å². The number of ether oxygens (including phenoxy) is 1. The van der Waals surface area contributed by atoms with Crippen LogP contribution in [0.4, 0.5) is 4.79 Å². The van der Waals surface area contributed by atoms with E-state index in [0.29, 0.717) is 6.54 Å². The number of nitrogens with zero attached hydrogens (tertiary/aromatic N) is 1. The lowest BCUT2D eigenvalue weighted by atomic mass is 9.73. The molecular formula is C27H30N2O6. The molecule has 3 aliphatic rings. The van der Waals surface area contributed by atoms with Crippen LogP contribution in [0.5, 0.6) is 0 Å². The van der Waals surface area contributed by atoms with Crippen LogP contribution in [-0.4, -0.2) is 64.9 Å². The Morgan fingerprint density at radius 1 is 0.943 bits per heavy atom. The topological polar surface area (TPSA) is 116 Å². The maximum absolute atomic E-state index is 12.5. The van der Waals surface area contributed by atoms with Gasteiger partial charge in [-0.2, -0.15) is 0 Å². The predicted molar refractivity (Wildman–Crippen MR) is 128 cm³/mol. The van der Waals surface area contributed by atoms with Crippen molar-refractivity contribution in [3.8, 4) is 11.1 Å². The number of aliphatic carboxylic acids is 1. The molecule has 0 spiro atoms. The molecule has 2 aromatic rings. The maximum atomic E-state index is 12.5. The summed E-state index contributed by atoms with van der Waals surface area (Å²) in [5.41, 5.74) is 4.71. The Morgan fingerprint density at radius 3 is 2.20 bits per heavy atom. The Hall–Kier alpha value is -3.39. The first-order valence-corrected chi connectivity index (χ1v) is 12.2. The number of carboxylic acid groups (broad SMARTS) is 1. The fourth-order valence-corrected chi connectivity index (χ4v) is 5.77. The minimum Gasteiger partial charge on any atom is -0.480 e. The molecule has 8 heteroatoms. The smallest absolute Gasteiger partial charge is 0.407 e. The number of hydrogen-bond acceptors (Lipinski definition) is 5. The minimum absolute atomic E-state index is 0.0194. The molecule has 0 radical (unpaired) electrons. The van der Waals surface area contributed by atoms with Crippen LogP contribution in [0.25, 0.3) is 11.1 Å². The number of carbonyl (C=O) groups excluding carboxylic acids is 2. The highest BCUT2D eigenvalue weighted by Crippen LogP contribution is 2.44. The number of benzene rings is 2. The molecule has 1 heterocycles. The summed E-state index contributed by atoms with van der Waals surface area (Å²) in [4.78, 5) is 37.5. The normalized spacial score (nSPS) is 24.9. The summed E-state index contributed by atoms with van der Waals surface area (Å²) in [6.45, 7) is 0.838. The molecule has 2 atom stereocenters. The van der Waals surface area contributed by atoms with Gasteiger partial charge in [0.1, 0.15) is 12.6 Å². The number of carbonyl (C=O) groups is 3. The molecule has 1 saturated heterocycles. The molecule has 5 rings (SSSR count). The van der Waals surface area contributed by atoms with Gasteiger partial charge in [0.25, 0.3) is 0 Å². The van der Waals surface area contributed by atoms with Crippen molar-refractivity contribution >= 4 is 18.0 Å². The number of amides is 2. The number of β-amino-alcohol motifs (C(OH)–C–C–N with tert-alkyl or cyclic N) is 1. The number of likely N-dealkylation sites (tertiary alicyclic amines) is 1. The van der Waals surface area contributed by atoms with Crippen molar-refractivity contribution in [3.63, 3.8) is 0 Å². The molecule has 2 amide bonds. The zero-order chi connectivity index (χ0) is 24.5. The summed E-state index contributed by atoms with van der Waals surface area (Å²) in [7, 11) is 0. The van der Waals surface area contributed by atoms with Gasteiger partial charge in [0.15, 0.2) is 0 Å². The first-order valence-electron chi connectivity index (χ1n) is 12.2. The SMILES string of the molecule is O=C(NCC1CC(CC(=O)N2CC(O)CC2C(=O)O)C1)OCC1c2ccccc2-c2ccccc21. The van der Waals surface area contributed by atoms with Gasteiger partial charge in [-0.3, -0.25) is 4.79 Å². The maximum Gasteiger partial charge on any atom is 0.407 e. The predicted octanol–water partition coefficient (Wildman–Crippen LogP) is 2.99. The molecule has 2 unspecified atom stereocenters. The summed E-state index contributed by atoms with van der Waals surface area (Å²) < 4.78 is 5.57. The molecule has 8 nitrogen and oxygen atoms in total. The van der Waals surface area contributed by atoms with Crippen molar-refractivity contribution < 1.29 is 29.3 Å². The summed E-state index contributed by atoms with van der Waals surface area (Å²) in [5.74, 6) is -0.835. The van der Waals surface area contributed by atoms with E-state index >= 15 is 0 Å². The third-order valence-electron chi connectivity index (χ3n) is 7.56. The molecule has 2 aromatic carbocycles. The van der Waals surface area contributed by atoms with E-state index < -0.39 is 24.2 Å². The van der Waals surface area contributed by atoms with Gasteiger partial charge in [-0.1, -0.05) is 48.5 Å². The Balaban J connectivity index is 1.05. The molecule has 0 bridgehead atoms. The fraction of sp³-hybridized carbons (Fsp3) is 0.444. The van der Waals surface area contributed by atoms with Gasteiger partial charge in [0, 0.05) is 31.8 Å². The molecular weight excluding hydrogens is 448 g/mol. The van der Waals surface area contributed by atoms with Gasteiger partial charge >= 0.3 is 12.1 Å². The van der Waals surface area contributed by atoms with Crippen LogP contribution in [0.1, 0.15) is 42.7 Å². The van der Waals surface area contributed by atoms with Crippen molar-refractivity contribution in [1.82, 2.24) is 10.2 Å². The molecule has 1 saturated carbocycles. The quantitative estimate of drug-likeness (QED) is 0.563. The summed E-state index contributed by atoms with van der Waals surface area (Å²) >= 11 is 0. The second kappa shape index (κ2) is 9.70. The van der Waals surface area contributed by atoms with Crippen LogP contribution in [0, 0.1) is 11.8 Å². The number of aliphatic hydroxyl groups excluding tert-OH is 1. The number of fused-ring (bicyclic) bond motifs is 3. The van der Waals surface area contributed by atoms with E-state index in [1.54, 1.807) is 0 Å². The minimum atomic E-state index is -1.08. The highest BCUT2D eigenvalue weighted by Gasteiger charge is 2.41. The average Bonchev–Trinajstić information content (AvgIpc) is 3.37. The van der Waals surface area contributed by atoms with Crippen molar-refractivity contribution in [2.24, 2.45) is 11.8 Å². The van der Waals surface area contributed by atoms with Crippen LogP contribution in [0.2, 0.25) is 0 Å². The lowest BCUT2D eigenvalue weighted by Gasteiger charge is -2.36. The van der Waals surface area contributed by atoms with Crippen LogP contribution >= 0.6 is 0 Å². The van der Waals surface area contributed by atoms with E-state index in [1.807, 2.05) is 24.3 Å². The highest BCUT2D eigenvalue weighted by atomic mass is 16.5. The van der Waals surface area contributed by atoms with Crippen molar-refractivity contribution in [2.75, 3.05) is 19.7 Å². The average molecular weight is 479 g/mol. The van der Waals surface area contributed by atoms with E-state index in [4.69, 9.17) is 4.74 Å². The largest absolute Gasteiger partial charge is 0.480 e. The number of alkyl carbamates (subject to hydrolysis) is 1. The van der Waals surface area contributed by atoms with Gasteiger partial charge in [-0.25, -0.2) is 9.59 Å². The standard InChI is InChI=1S/C27H30N2O6/c30-18-12-24(26(32)33)29(14-18)25(31)11-16-9-17(10-16)13-28-27(34)35-15-23-21-7-3-1-5-19(21)20-6-2-4-8-22(20)23/h1-8,16-18,23-24,30H,9-15H2,(H,28,34)(H,32,33). The zero-order valence-corrected chi connectivity index (χ0v) is 19.4. The Bertz CT molecular complexity index is 1080. The molecule has 0 aromatic heterocycles. The number of nitrogens with one attached hydrogen (secondary N) is 1. The summed E-state index contributed by atoms with van der Waals surface area (Å²) in [6, 6.07) is 15.5. The number of aliphatic hydroxyl groups is 1. The lowest BCUT2D eigenvalue weighted by Crippen LogP contribution is -2.43. The third kappa shape index (κ3) is 4.75. The van der Waals surface area contributed by atoms with Crippen molar-refractivity contribution in [3.05, 3.63) is 59.7 Å². The van der Waals surface area contributed by atoms with Gasteiger partial charge in [-0.15, -0.1) is 0 Å². The molecule has 3 N–H and O–H groups in total. The second-order valence-electron chi connectivity index (χ2n) is 9.90. The van der Waals surface area contributed by atoms with E-state index in [2.05, 4.69) is 29.6 Å². The summed E-state index contributed by atoms with van der Waals surface area (Å²) in [6.07, 6.45) is 0.723. The second-order valence-corrected chi connectivity index (χ2v) is 9.90. The van der Waals surface area contributed by atoms with Gasteiger partial charge in [0.2, 0.25) is 5.91 Å². The highest BCUT2D eigenvalue weighted by molar-refractivity contribution is 5.84. The monoisotopic (exact) mass is 478 g/mol. The molecule has 35 heavy (non-hydrogen) atoms. The molecule has 1 aliphatic heterocycles. The van der Waals surface area contributed by atoms with E-state index in [9.17, 15) is 24.6 Å². The van der Waals surface area contributed by atoms with E-state index in [0.717, 1.165) is 12.8 Å². The molecule has 2 fully saturated rings. The fourth-order valence-electron chi connectivity index (χ4n) is 5.77. The van der Waals surface area contributed by atoms with Crippen LogP contribution in [0.15, 0.2) is 48.5 Å². The van der Waals surface area contributed by atoms with Gasteiger partial charge < -0.3 is 25.2 Å². The van der Waals surface area contributed by atoms with E-state index in [1.165, 1.54) is 27.2 Å². The van der Waals surface area contributed by atoms with Crippen LogP contribution in [-0.2, 0) is 14.3 Å².